The number of halogens is 1. The van der Waals surface area contributed by atoms with Crippen LogP contribution in [0.4, 0.5) is 4.79 Å². The number of nitrogens with zero attached hydrogens (tertiary/aromatic N) is 3. The second kappa shape index (κ2) is 12.3. The van der Waals surface area contributed by atoms with Crippen molar-refractivity contribution < 1.29 is 14.3 Å². The number of hydrogen-bond acceptors (Lipinski definition) is 4. The molecule has 2 saturated carbocycles. The van der Waals surface area contributed by atoms with Crippen molar-refractivity contribution in [3.63, 3.8) is 0 Å². The van der Waals surface area contributed by atoms with Gasteiger partial charge in [0.25, 0.3) is 0 Å². The molecule has 9 heteroatoms. The second-order valence-electron chi connectivity index (χ2n) is 10.1. The molecule has 2 aliphatic carbocycles. The number of nitrogens with one attached hydrogen (secondary N) is 2. The summed E-state index contributed by atoms with van der Waals surface area (Å²) >= 11 is 0. The van der Waals surface area contributed by atoms with Crippen LogP contribution in [0.3, 0.4) is 0 Å². The molecule has 1 saturated heterocycles. The van der Waals surface area contributed by atoms with Crippen molar-refractivity contribution >= 4 is 41.9 Å². The largest absolute Gasteiger partial charge is 0.444 e. The summed E-state index contributed by atoms with van der Waals surface area (Å²) in [5.41, 5.74) is -0.492. The number of carbonyl (C=O) groups excluding carboxylic acids is 2. The monoisotopic (exact) mass is 563 g/mol. The van der Waals surface area contributed by atoms with Crippen LogP contribution in [0.5, 0.6) is 0 Å². The number of carbonyl (C=O) groups is 2. The van der Waals surface area contributed by atoms with E-state index >= 15 is 0 Å². The Hall–Kier alpha value is -1.26. The Morgan fingerprint density at radius 1 is 1.12 bits per heavy atom. The number of rotatable bonds is 7. The molecule has 184 valence electrons. The lowest BCUT2D eigenvalue weighted by Crippen LogP contribution is -2.46. The molecule has 3 rings (SSSR count). The Kier molecular flexibility index (Phi) is 10.4. The molecule has 1 aliphatic heterocycles. The Balaban J connectivity index is 0.00000363. The standard InChI is InChI=1S/C23H41N5O3.HI/c1-5-24-21(25-13-15-28(19-10-11-19)22(30)31-23(2,3)4)26-18-12-14-27(16-18)20(29)17-8-6-7-9-17;/h17-19H,5-16H2,1-4H3,(H2,24,25,26);1H. The van der Waals surface area contributed by atoms with Crippen LogP contribution in [0.1, 0.15) is 72.6 Å². The highest BCUT2D eigenvalue weighted by Crippen LogP contribution is 2.29. The van der Waals surface area contributed by atoms with Gasteiger partial charge in [-0.05, 0) is 59.8 Å². The van der Waals surface area contributed by atoms with E-state index in [1.807, 2.05) is 37.5 Å². The first-order valence-corrected chi connectivity index (χ1v) is 12.1. The van der Waals surface area contributed by atoms with Crippen LogP contribution in [0.2, 0.25) is 0 Å². The van der Waals surface area contributed by atoms with Crippen molar-refractivity contribution in [1.82, 2.24) is 20.4 Å². The number of amides is 2. The molecule has 0 spiro atoms. The van der Waals surface area contributed by atoms with Crippen molar-refractivity contribution in [2.24, 2.45) is 10.9 Å². The molecule has 0 bridgehead atoms. The van der Waals surface area contributed by atoms with Gasteiger partial charge in [-0.2, -0.15) is 0 Å². The molecule has 1 unspecified atom stereocenters. The lowest BCUT2D eigenvalue weighted by atomic mass is 10.1. The molecule has 0 radical (unpaired) electrons. The molecular weight excluding hydrogens is 521 g/mol. The van der Waals surface area contributed by atoms with E-state index in [-0.39, 0.29) is 48.1 Å². The lowest BCUT2D eigenvalue weighted by molar-refractivity contribution is -0.134. The van der Waals surface area contributed by atoms with E-state index in [9.17, 15) is 9.59 Å². The van der Waals surface area contributed by atoms with Gasteiger partial charge >= 0.3 is 6.09 Å². The molecule has 0 aromatic carbocycles. The highest BCUT2D eigenvalue weighted by Gasteiger charge is 2.35. The predicted octanol–water partition coefficient (Wildman–Crippen LogP) is 3.35. The summed E-state index contributed by atoms with van der Waals surface area (Å²) in [7, 11) is 0. The van der Waals surface area contributed by atoms with Gasteiger partial charge in [0.2, 0.25) is 5.91 Å². The Bertz CT molecular complexity index is 657. The van der Waals surface area contributed by atoms with E-state index in [0.717, 1.165) is 57.7 Å². The SMILES string of the molecule is CCNC(=NCCN(C(=O)OC(C)(C)C)C1CC1)NC1CCN(C(=O)C2CCCC2)C1.I. The first-order valence-electron chi connectivity index (χ1n) is 12.1. The molecule has 0 aromatic heterocycles. The third-order valence-electron chi connectivity index (χ3n) is 6.12. The summed E-state index contributed by atoms with van der Waals surface area (Å²) < 4.78 is 5.56. The molecule has 2 amide bonds. The van der Waals surface area contributed by atoms with Gasteiger partial charge < -0.3 is 25.2 Å². The van der Waals surface area contributed by atoms with Crippen LogP contribution in [-0.2, 0) is 9.53 Å². The zero-order valence-electron chi connectivity index (χ0n) is 20.2. The maximum atomic E-state index is 12.7. The third kappa shape index (κ3) is 8.26. The van der Waals surface area contributed by atoms with Crippen LogP contribution in [-0.4, -0.2) is 78.2 Å². The lowest BCUT2D eigenvalue weighted by Gasteiger charge is -2.27. The summed E-state index contributed by atoms with van der Waals surface area (Å²) in [6.07, 6.45) is 7.23. The zero-order chi connectivity index (χ0) is 22.4. The van der Waals surface area contributed by atoms with Crippen molar-refractivity contribution in [3.8, 4) is 0 Å². The molecule has 32 heavy (non-hydrogen) atoms. The van der Waals surface area contributed by atoms with Crippen LogP contribution in [0, 0.1) is 5.92 Å². The fourth-order valence-electron chi connectivity index (χ4n) is 4.42. The molecule has 3 aliphatic rings. The second-order valence-corrected chi connectivity index (χ2v) is 10.1. The maximum absolute atomic E-state index is 12.7. The van der Waals surface area contributed by atoms with E-state index in [1.165, 1.54) is 12.8 Å². The summed E-state index contributed by atoms with van der Waals surface area (Å²) in [6.45, 7) is 11.1. The van der Waals surface area contributed by atoms with Gasteiger partial charge in [-0.1, -0.05) is 12.8 Å². The van der Waals surface area contributed by atoms with E-state index in [1.54, 1.807) is 0 Å². The summed E-state index contributed by atoms with van der Waals surface area (Å²) in [5.74, 6) is 1.32. The molecule has 8 nitrogen and oxygen atoms in total. The minimum absolute atomic E-state index is 0. The predicted molar refractivity (Wildman–Crippen MR) is 137 cm³/mol. The van der Waals surface area contributed by atoms with Crippen molar-refractivity contribution in [2.75, 3.05) is 32.7 Å². The molecule has 3 fully saturated rings. The van der Waals surface area contributed by atoms with E-state index in [0.29, 0.717) is 19.0 Å². The topological polar surface area (TPSA) is 86.3 Å². The van der Waals surface area contributed by atoms with Gasteiger partial charge in [0.1, 0.15) is 5.60 Å². The van der Waals surface area contributed by atoms with Crippen molar-refractivity contribution in [2.45, 2.75) is 90.3 Å². The summed E-state index contributed by atoms with van der Waals surface area (Å²) in [6, 6.07) is 0.499. The van der Waals surface area contributed by atoms with E-state index in [2.05, 4.69) is 10.6 Å². The first-order chi connectivity index (χ1) is 14.8. The summed E-state index contributed by atoms with van der Waals surface area (Å²) in [4.78, 5) is 33.7. The highest BCUT2D eigenvalue weighted by molar-refractivity contribution is 14.0. The molecule has 2 N–H and O–H groups in total. The molecule has 1 heterocycles. The van der Waals surface area contributed by atoms with Gasteiger partial charge in [0.15, 0.2) is 5.96 Å². The van der Waals surface area contributed by atoms with Gasteiger partial charge in [-0.3, -0.25) is 9.79 Å². The zero-order valence-corrected chi connectivity index (χ0v) is 22.5. The maximum Gasteiger partial charge on any atom is 0.410 e. The molecular formula is C23H42IN5O3. The smallest absolute Gasteiger partial charge is 0.410 e. The number of guanidine groups is 1. The number of hydrogen-bond donors (Lipinski definition) is 2. The van der Waals surface area contributed by atoms with Gasteiger partial charge in [0, 0.05) is 44.2 Å². The van der Waals surface area contributed by atoms with Gasteiger partial charge in [-0.15, -0.1) is 24.0 Å². The van der Waals surface area contributed by atoms with E-state index < -0.39 is 5.60 Å². The number of ether oxygens (including phenoxy) is 1. The third-order valence-corrected chi connectivity index (χ3v) is 6.12. The van der Waals surface area contributed by atoms with Crippen molar-refractivity contribution in [1.29, 1.82) is 0 Å². The van der Waals surface area contributed by atoms with Crippen LogP contribution in [0.15, 0.2) is 4.99 Å². The average Bonchev–Trinajstić information content (AvgIpc) is 3.17. The number of likely N-dealkylation sites (tertiary alicyclic amines) is 1. The Morgan fingerprint density at radius 3 is 2.41 bits per heavy atom. The van der Waals surface area contributed by atoms with Crippen LogP contribution < -0.4 is 10.6 Å². The fraction of sp³-hybridized carbons (Fsp3) is 0.870. The Morgan fingerprint density at radius 2 is 1.81 bits per heavy atom. The van der Waals surface area contributed by atoms with Gasteiger partial charge in [-0.25, -0.2) is 4.79 Å². The highest BCUT2D eigenvalue weighted by atomic mass is 127. The van der Waals surface area contributed by atoms with Gasteiger partial charge in [0.05, 0.1) is 6.54 Å². The minimum atomic E-state index is -0.492. The molecule has 1 atom stereocenters. The fourth-order valence-corrected chi connectivity index (χ4v) is 4.42. The van der Waals surface area contributed by atoms with Crippen LogP contribution in [0.25, 0.3) is 0 Å². The van der Waals surface area contributed by atoms with Crippen LogP contribution >= 0.6 is 24.0 Å². The first kappa shape index (κ1) is 27.0. The normalized spacial score (nSPS) is 21.8. The quantitative estimate of drug-likeness (QED) is 0.282. The minimum Gasteiger partial charge on any atom is -0.444 e. The van der Waals surface area contributed by atoms with Crippen molar-refractivity contribution in [3.05, 3.63) is 0 Å². The Labute approximate surface area is 210 Å². The molecule has 0 aromatic rings. The summed E-state index contributed by atoms with van der Waals surface area (Å²) in [5, 5.41) is 6.78. The van der Waals surface area contributed by atoms with E-state index in [4.69, 9.17) is 9.73 Å². The average molecular weight is 564 g/mol. The number of aliphatic imine (C=N–C) groups is 1.